The summed E-state index contributed by atoms with van der Waals surface area (Å²) in [6.07, 6.45) is 0. The van der Waals surface area contributed by atoms with Crippen molar-refractivity contribution in [2.24, 2.45) is 0 Å². The lowest BCUT2D eigenvalue weighted by Gasteiger charge is -2.16. The second kappa shape index (κ2) is 3.94. The standard InChI is InChI=1S/C14H8O2.FH/c15-13-9-5-1-2-6-10(9)14(16)12-8-4-3-7-11(12)13;/h1-8H;1H. The van der Waals surface area contributed by atoms with E-state index in [-0.39, 0.29) is 16.3 Å². The van der Waals surface area contributed by atoms with Crippen molar-refractivity contribution in [3.63, 3.8) is 0 Å². The summed E-state index contributed by atoms with van der Waals surface area (Å²) in [5.41, 5.74) is 2.02. The van der Waals surface area contributed by atoms with Crippen LogP contribution in [0.15, 0.2) is 48.5 Å². The van der Waals surface area contributed by atoms with E-state index < -0.39 is 0 Å². The molecule has 2 aromatic rings. The molecule has 1 aliphatic carbocycles. The molecule has 0 bridgehead atoms. The molecule has 0 heterocycles. The van der Waals surface area contributed by atoms with Gasteiger partial charge in [-0.1, -0.05) is 48.5 Å². The Balaban J connectivity index is 0.00000108. The quantitative estimate of drug-likeness (QED) is 0.592. The number of rotatable bonds is 0. The average Bonchev–Trinajstić information content (AvgIpc) is 2.36. The van der Waals surface area contributed by atoms with Crippen molar-refractivity contribution >= 4 is 11.6 Å². The Morgan fingerprint density at radius 2 is 0.765 bits per heavy atom. The van der Waals surface area contributed by atoms with Gasteiger partial charge in [0.05, 0.1) is 0 Å². The summed E-state index contributed by atoms with van der Waals surface area (Å²) in [5, 5.41) is 0. The highest BCUT2D eigenvalue weighted by molar-refractivity contribution is 6.28. The molecule has 0 radical (unpaired) electrons. The molecule has 0 aliphatic heterocycles. The van der Waals surface area contributed by atoms with Crippen LogP contribution in [0.25, 0.3) is 0 Å². The van der Waals surface area contributed by atoms with E-state index in [1.54, 1.807) is 48.5 Å². The second-order valence-corrected chi connectivity index (χ2v) is 3.75. The topological polar surface area (TPSA) is 34.1 Å². The number of hydrogen-bond donors (Lipinski definition) is 0. The zero-order valence-corrected chi connectivity index (χ0v) is 8.84. The summed E-state index contributed by atoms with van der Waals surface area (Å²) < 4.78 is 0. The van der Waals surface area contributed by atoms with E-state index in [1.807, 2.05) is 0 Å². The molecule has 0 amide bonds. The fourth-order valence-corrected chi connectivity index (χ4v) is 2.05. The number of carbonyl (C=O) groups is 2. The minimum absolute atomic E-state index is 0. The molecule has 0 saturated carbocycles. The highest BCUT2D eigenvalue weighted by Crippen LogP contribution is 2.26. The van der Waals surface area contributed by atoms with Crippen LogP contribution in [0.4, 0.5) is 4.70 Å². The molecule has 3 rings (SSSR count). The molecule has 0 aromatic heterocycles. The number of hydrogen-bond acceptors (Lipinski definition) is 2. The smallest absolute Gasteiger partial charge is 0.194 e. The van der Waals surface area contributed by atoms with Crippen LogP contribution in [0, 0.1) is 0 Å². The summed E-state index contributed by atoms with van der Waals surface area (Å²) in [7, 11) is 0. The summed E-state index contributed by atoms with van der Waals surface area (Å²) >= 11 is 0. The maximum absolute atomic E-state index is 12.1. The Hall–Kier alpha value is -2.29. The maximum Gasteiger partial charge on any atom is 0.194 e. The fraction of sp³-hybridized carbons (Fsp3) is 0. The molecule has 2 aromatic carbocycles. The second-order valence-electron chi connectivity index (χ2n) is 3.75. The van der Waals surface area contributed by atoms with Crippen molar-refractivity contribution in [2.45, 2.75) is 0 Å². The third kappa shape index (κ3) is 1.47. The Morgan fingerprint density at radius 3 is 1.00 bits per heavy atom. The SMILES string of the molecule is F.O=C1c2ccccc2C(=O)c2ccccc21. The van der Waals surface area contributed by atoms with Crippen molar-refractivity contribution < 1.29 is 14.3 Å². The van der Waals surface area contributed by atoms with Crippen LogP contribution in [0.1, 0.15) is 31.8 Å². The van der Waals surface area contributed by atoms with Crippen LogP contribution in [0.2, 0.25) is 0 Å². The summed E-state index contributed by atoms with van der Waals surface area (Å²) in [5.74, 6) is -0.128. The minimum Gasteiger partial charge on any atom is -0.289 e. The highest BCUT2D eigenvalue weighted by Gasteiger charge is 2.28. The van der Waals surface area contributed by atoms with E-state index in [1.165, 1.54) is 0 Å². The molecule has 1 aliphatic rings. The molecule has 0 unspecified atom stereocenters. The Kier molecular flexibility index (Phi) is 2.60. The first-order valence-electron chi connectivity index (χ1n) is 5.06. The van der Waals surface area contributed by atoms with Crippen LogP contribution in [-0.2, 0) is 0 Å². The van der Waals surface area contributed by atoms with E-state index in [0.29, 0.717) is 22.3 Å². The Labute approximate surface area is 97.3 Å². The summed E-state index contributed by atoms with van der Waals surface area (Å²) in [4.78, 5) is 24.2. The number of carbonyl (C=O) groups excluding carboxylic acids is 2. The monoisotopic (exact) mass is 228 g/mol. The predicted molar refractivity (Wildman–Crippen MR) is 62.3 cm³/mol. The van der Waals surface area contributed by atoms with E-state index >= 15 is 0 Å². The van der Waals surface area contributed by atoms with Gasteiger partial charge >= 0.3 is 0 Å². The van der Waals surface area contributed by atoms with Crippen molar-refractivity contribution in [3.8, 4) is 0 Å². The predicted octanol–water partition coefficient (Wildman–Crippen LogP) is 2.61. The molecule has 17 heavy (non-hydrogen) atoms. The van der Waals surface area contributed by atoms with Crippen LogP contribution in [0.5, 0.6) is 0 Å². The van der Waals surface area contributed by atoms with Crippen molar-refractivity contribution in [3.05, 3.63) is 70.8 Å². The molecule has 3 heteroatoms. The molecule has 0 spiro atoms. The van der Waals surface area contributed by atoms with Crippen LogP contribution >= 0.6 is 0 Å². The molecule has 0 N–H and O–H groups in total. The van der Waals surface area contributed by atoms with E-state index in [0.717, 1.165) is 0 Å². The third-order valence-electron chi connectivity index (χ3n) is 2.83. The van der Waals surface area contributed by atoms with Gasteiger partial charge in [0.25, 0.3) is 0 Å². The first-order chi connectivity index (χ1) is 7.79. The molecule has 0 fully saturated rings. The van der Waals surface area contributed by atoms with Gasteiger partial charge in [-0.05, 0) is 0 Å². The van der Waals surface area contributed by atoms with E-state index in [9.17, 15) is 9.59 Å². The zero-order chi connectivity index (χ0) is 11.1. The normalized spacial score (nSPS) is 12.5. The number of ketones is 2. The lowest BCUT2D eigenvalue weighted by atomic mass is 9.84. The molecular formula is C14H9FO2. The van der Waals surface area contributed by atoms with Gasteiger partial charge < -0.3 is 0 Å². The van der Waals surface area contributed by atoms with E-state index in [2.05, 4.69) is 0 Å². The third-order valence-corrected chi connectivity index (χ3v) is 2.83. The minimum atomic E-state index is -0.0641. The van der Waals surface area contributed by atoms with Crippen molar-refractivity contribution in [1.82, 2.24) is 0 Å². The molecule has 0 saturated heterocycles. The van der Waals surface area contributed by atoms with Gasteiger partial charge in [0.2, 0.25) is 0 Å². The number of benzene rings is 2. The fourth-order valence-electron chi connectivity index (χ4n) is 2.05. The van der Waals surface area contributed by atoms with Gasteiger partial charge in [-0.25, -0.2) is 0 Å². The lowest BCUT2D eigenvalue weighted by Crippen LogP contribution is -2.20. The summed E-state index contributed by atoms with van der Waals surface area (Å²) in [6, 6.07) is 13.9. The van der Waals surface area contributed by atoms with Crippen LogP contribution < -0.4 is 0 Å². The zero-order valence-electron chi connectivity index (χ0n) is 8.84. The molecule has 0 atom stereocenters. The van der Waals surface area contributed by atoms with Gasteiger partial charge in [-0.15, -0.1) is 0 Å². The largest absolute Gasteiger partial charge is 0.289 e. The van der Waals surface area contributed by atoms with E-state index in [4.69, 9.17) is 0 Å². The van der Waals surface area contributed by atoms with Gasteiger partial charge in [-0.2, -0.15) is 0 Å². The van der Waals surface area contributed by atoms with Gasteiger partial charge in [0, 0.05) is 22.3 Å². The highest BCUT2D eigenvalue weighted by atomic mass is 19.0. The maximum atomic E-state index is 12.1. The van der Waals surface area contributed by atoms with Crippen molar-refractivity contribution in [2.75, 3.05) is 0 Å². The number of halogens is 1. The first kappa shape index (κ1) is 11.2. The van der Waals surface area contributed by atoms with Crippen LogP contribution in [-0.4, -0.2) is 11.6 Å². The van der Waals surface area contributed by atoms with Gasteiger partial charge in [0.1, 0.15) is 0 Å². The number of fused-ring (bicyclic) bond motifs is 2. The van der Waals surface area contributed by atoms with Gasteiger partial charge in [0.15, 0.2) is 11.6 Å². The van der Waals surface area contributed by atoms with Crippen LogP contribution in [0.3, 0.4) is 0 Å². The molecule has 2 nitrogen and oxygen atoms in total. The Morgan fingerprint density at radius 1 is 0.529 bits per heavy atom. The van der Waals surface area contributed by atoms with Gasteiger partial charge in [-0.3, -0.25) is 14.3 Å². The first-order valence-corrected chi connectivity index (χ1v) is 5.06. The molecular weight excluding hydrogens is 219 g/mol. The summed E-state index contributed by atoms with van der Waals surface area (Å²) in [6.45, 7) is 0. The van der Waals surface area contributed by atoms with Crippen molar-refractivity contribution in [1.29, 1.82) is 0 Å². The molecule has 84 valence electrons. The Bertz CT molecular complexity index is 512. The lowest BCUT2D eigenvalue weighted by molar-refractivity contribution is 0.0979. The average molecular weight is 228 g/mol.